The highest BCUT2D eigenvalue weighted by Gasteiger charge is 2.34. The van der Waals surface area contributed by atoms with Crippen LogP contribution in [0.3, 0.4) is 0 Å². The van der Waals surface area contributed by atoms with Gasteiger partial charge < -0.3 is 15.2 Å². The van der Waals surface area contributed by atoms with Crippen molar-refractivity contribution in [1.29, 1.82) is 0 Å². The van der Waals surface area contributed by atoms with E-state index in [2.05, 4.69) is 5.32 Å². The number of aromatic carboxylic acids is 1. The van der Waals surface area contributed by atoms with E-state index in [1.54, 1.807) is 0 Å². The number of anilines is 2. The van der Waals surface area contributed by atoms with Gasteiger partial charge in [0.1, 0.15) is 12.3 Å². The number of carbonyl (C=O) groups excluding carboxylic acids is 2. The lowest BCUT2D eigenvalue weighted by Crippen LogP contribution is -2.47. The zero-order valence-electron chi connectivity index (χ0n) is 15.3. The fourth-order valence-electron chi connectivity index (χ4n) is 2.84. The van der Waals surface area contributed by atoms with Gasteiger partial charge in [-0.1, -0.05) is 11.6 Å². The standard InChI is InChI=1S/C19H14ClF3N2O5/c1-9-17(27)25(14-5-2-10(18(28)29)6-15(14)30-9)8-16(26)24-13-7-11(19(21,22)23)3-4-12(13)20/h2-7,9H,8H2,1H3,(H,24,26)(H,28,29). The van der Waals surface area contributed by atoms with Crippen LogP contribution in [0, 0.1) is 0 Å². The van der Waals surface area contributed by atoms with E-state index in [4.69, 9.17) is 21.4 Å². The van der Waals surface area contributed by atoms with Crippen LogP contribution in [0.25, 0.3) is 0 Å². The molecule has 2 amide bonds. The van der Waals surface area contributed by atoms with Crippen LogP contribution in [0.2, 0.25) is 5.02 Å². The SMILES string of the molecule is CC1Oc2cc(C(=O)O)ccc2N(CC(=O)Nc2cc(C(F)(F)F)ccc2Cl)C1=O. The first-order valence-electron chi connectivity index (χ1n) is 8.49. The van der Waals surface area contributed by atoms with Gasteiger partial charge in [0.2, 0.25) is 5.91 Å². The molecule has 1 atom stereocenters. The number of halogens is 4. The molecule has 1 unspecified atom stereocenters. The maximum Gasteiger partial charge on any atom is 0.416 e. The van der Waals surface area contributed by atoms with Crippen LogP contribution < -0.4 is 15.0 Å². The van der Waals surface area contributed by atoms with Gasteiger partial charge in [-0.25, -0.2) is 4.79 Å². The smallest absolute Gasteiger partial charge is 0.416 e. The van der Waals surface area contributed by atoms with Crippen molar-refractivity contribution in [3.05, 3.63) is 52.5 Å². The quantitative estimate of drug-likeness (QED) is 0.750. The van der Waals surface area contributed by atoms with Gasteiger partial charge in [-0.3, -0.25) is 14.5 Å². The second-order valence-corrected chi connectivity index (χ2v) is 6.82. The Kier molecular flexibility index (Phi) is 5.62. The summed E-state index contributed by atoms with van der Waals surface area (Å²) < 4.78 is 44.1. The highest BCUT2D eigenvalue weighted by Crippen LogP contribution is 2.36. The van der Waals surface area contributed by atoms with Crippen molar-refractivity contribution in [2.75, 3.05) is 16.8 Å². The molecule has 0 fully saturated rings. The lowest BCUT2D eigenvalue weighted by atomic mass is 10.1. The normalized spacial score (nSPS) is 16.0. The second kappa shape index (κ2) is 7.86. The molecule has 1 heterocycles. The third-order valence-corrected chi connectivity index (χ3v) is 4.61. The predicted molar refractivity (Wildman–Crippen MR) is 101 cm³/mol. The molecule has 3 rings (SSSR count). The Morgan fingerprint density at radius 3 is 2.57 bits per heavy atom. The Morgan fingerprint density at radius 2 is 1.93 bits per heavy atom. The predicted octanol–water partition coefficient (Wildman–Crippen LogP) is 3.81. The molecular weight excluding hydrogens is 429 g/mol. The zero-order valence-corrected chi connectivity index (χ0v) is 16.0. The fourth-order valence-corrected chi connectivity index (χ4v) is 3.00. The molecule has 2 aromatic rings. The molecule has 11 heteroatoms. The Balaban J connectivity index is 1.85. The summed E-state index contributed by atoms with van der Waals surface area (Å²) in [5.74, 6) is -2.48. The maximum absolute atomic E-state index is 12.9. The molecule has 0 aromatic heterocycles. The minimum atomic E-state index is -4.62. The highest BCUT2D eigenvalue weighted by atomic mass is 35.5. The summed E-state index contributed by atoms with van der Waals surface area (Å²) in [6.45, 7) is 0.881. The van der Waals surface area contributed by atoms with Gasteiger partial charge in [0, 0.05) is 0 Å². The third-order valence-electron chi connectivity index (χ3n) is 4.28. The summed E-state index contributed by atoms with van der Waals surface area (Å²) in [6, 6.07) is 6.24. The van der Waals surface area contributed by atoms with Gasteiger partial charge in [0.15, 0.2) is 6.10 Å². The number of carbonyl (C=O) groups is 3. The number of hydrogen-bond donors (Lipinski definition) is 2. The van der Waals surface area contributed by atoms with Crippen molar-refractivity contribution >= 4 is 40.8 Å². The molecule has 1 aliphatic rings. The molecule has 7 nitrogen and oxygen atoms in total. The van der Waals surface area contributed by atoms with Crippen LogP contribution >= 0.6 is 11.6 Å². The molecule has 158 valence electrons. The number of carboxylic acids is 1. The summed E-state index contributed by atoms with van der Waals surface area (Å²) in [6.07, 6.45) is -5.62. The summed E-state index contributed by atoms with van der Waals surface area (Å²) in [5.41, 5.74) is -1.17. The first-order chi connectivity index (χ1) is 14.0. The van der Waals surface area contributed by atoms with Crippen molar-refractivity contribution in [2.24, 2.45) is 0 Å². The Labute approximate surface area is 173 Å². The minimum Gasteiger partial charge on any atom is -0.479 e. The monoisotopic (exact) mass is 442 g/mol. The average molecular weight is 443 g/mol. The molecule has 0 spiro atoms. The first-order valence-corrected chi connectivity index (χ1v) is 8.87. The zero-order chi connectivity index (χ0) is 22.2. The van der Waals surface area contributed by atoms with E-state index < -0.39 is 42.2 Å². The summed E-state index contributed by atoms with van der Waals surface area (Å²) in [4.78, 5) is 37.1. The maximum atomic E-state index is 12.9. The Morgan fingerprint density at radius 1 is 1.23 bits per heavy atom. The third kappa shape index (κ3) is 4.33. The molecule has 0 aliphatic carbocycles. The van der Waals surface area contributed by atoms with Crippen molar-refractivity contribution in [3.63, 3.8) is 0 Å². The number of amides is 2. The molecule has 2 N–H and O–H groups in total. The Hall–Kier alpha value is -3.27. The molecule has 1 aliphatic heterocycles. The molecule has 2 aromatic carbocycles. The molecule has 0 saturated carbocycles. The van der Waals surface area contributed by atoms with Crippen molar-refractivity contribution in [1.82, 2.24) is 0 Å². The van der Waals surface area contributed by atoms with Gasteiger partial charge in [-0.05, 0) is 43.3 Å². The van der Waals surface area contributed by atoms with E-state index in [0.717, 1.165) is 17.0 Å². The van der Waals surface area contributed by atoms with Gasteiger partial charge in [-0.2, -0.15) is 13.2 Å². The number of rotatable bonds is 4. The van der Waals surface area contributed by atoms with E-state index in [1.165, 1.54) is 25.1 Å². The summed E-state index contributed by atoms with van der Waals surface area (Å²) >= 11 is 5.87. The first kappa shape index (κ1) is 21.4. The van der Waals surface area contributed by atoms with E-state index in [0.29, 0.717) is 6.07 Å². The van der Waals surface area contributed by atoms with E-state index >= 15 is 0 Å². The largest absolute Gasteiger partial charge is 0.479 e. The number of fused-ring (bicyclic) bond motifs is 1. The summed E-state index contributed by atoms with van der Waals surface area (Å²) in [5, 5.41) is 11.3. The number of ether oxygens (including phenoxy) is 1. The van der Waals surface area contributed by atoms with Crippen molar-refractivity contribution < 1.29 is 37.4 Å². The molecule has 30 heavy (non-hydrogen) atoms. The average Bonchev–Trinajstić information content (AvgIpc) is 2.65. The number of carboxylic acid groups (broad SMARTS) is 1. The highest BCUT2D eigenvalue weighted by molar-refractivity contribution is 6.33. The number of benzene rings is 2. The number of alkyl halides is 3. The summed E-state index contributed by atoms with van der Waals surface area (Å²) in [7, 11) is 0. The van der Waals surface area contributed by atoms with Crippen LogP contribution in [0.1, 0.15) is 22.8 Å². The van der Waals surface area contributed by atoms with Crippen LogP contribution in [-0.4, -0.2) is 35.5 Å². The van der Waals surface area contributed by atoms with Crippen LogP contribution in [0.5, 0.6) is 5.75 Å². The van der Waals surface area contributed by atoms with Crippen LogP contribution in [0.15, 0.2) is 36.4 Å². The molecule has 0 saturated heterocycles. The van der Waals surface area contributed by atoms with E-state index in [9.17, 15) is 27.6 Å². The lowest BCUT2D eigenvalue weighted by Gasteiger charge is -2.32. The van der Waals surface area contributed by atoms with E-state index in [-0.39, 0.29) is 27.7 Å². The van der Waals surface area contributed by atoms with Gasteiger partial charge in [0.25, 0.3) is 5.91 Å². The van der Waals surface area contributed by atoms with Gasteiger partial charge in [-0.15, -0.1) is 0 Å². The van der Waals surface area contributed by atoms with Crippen LogP contribution in [0.4, 0.5) is 24.5 Å². The number of nitrogens with zero attached hydrogens (tertiary/aromatic N) is 1. The van der Waals surface area contributed by atoms with Crippen molar-refractivity contribution in [3.8, 4) is 5.75 Å². The molecule has 0 bridgehead atoms. The minimum absolute atomic E-state index is 0.0737. The van der Waals surface area contributed by atoms with E-state index in [1.807, 2.05) is 0 Å². The Bertz CT molecular complexity index is 1040. The topological polar surface area (TPSA) is 95.9 Å². The lowest BCUT2D eigenvalue weighted by molar-refractivity contribution is -0.137. The fraction of sp³-hybridized carbons (Fsp3) is 0.211. The van der Waals surface area contributed by atoms with Gasteiger partial charge >= 0.3 is 12.1 Å². The van der Waals surface area contributed by atoms with Gasteiger partial charge in [0.05, 0.1) is 27.5 Å². The number of hydrogen-bond acceptors (Lipinski definition) is 4. The second-order valence-electron chi connectivity index (χ2n) is 6.41. The molecular formula is C19H14ClF3N2O5. The van der Waals surface area contributed by atoms with Crippen LogP contribution in [-0.2, 0) is 15.8 Å². The van der Waals surface area contributed by atoms with Crippen molar-refractivity contribution in [2.45, 2.75) is 19.2 Å². The molecule has 0 radical (unpaired) electrons. The number of nitrogens with one attached hydrogen (secondary N) is 1.